The number of carbonyl (C=O) groups is 1. The van der Waals surface area contributed by atoms with Gasteiger partial charge < -0.3 is 10.3 Å². The van der Waals surface area contributed by atoms with Crippen LogP contribution in [0.4, 0.5) is 10.1 Å². The molecule has 0 unspecified atom stereocenters. The van der Waals surface area contributed by atoms with E-state index >= 15 is 0 Å². The monoisotopic (exact) mass is 341 g/mol. The maximum atomic E-state index is 13.3. The van der Waals surface area contributed by atoms with Crippen molar-refractivity contribution in [3.05, 3.63) is 75.2 Å². The van der Waals surface area contributed by atoms with Gasteiger partial charge in [0.2, 0.25) is 5.91 Å². The summed E-state index contributed by atoms with van der Waals surface area (Å²) in [5.74, 6) is -1.05. The summed E-state index contributed by atoms with van der Waals surface area (Å²) in [6.45, 7) is 1.69. The third-order valence-corrected chi connectivity index (χ3v) is 3.93. The first-order valence-electron chi connectivity index (χ1n) is 7.81. The van der Waals surface area contributed by atoms with Gasteiger partial charge in [0, 0.05) is 5.69 Å². The Kier molecular flexibility index (Phi) is 4.47. The highest BCUT2D eigenvalue weighted by atomic mass is 19.1. The van der Waals surface area contributed by atoms with E-state index < -0.39 is 29.0 Å². The molecule has 1 heterocycles. The Hall–Kier alpha value is -3.22. The molecule has 0 radical (unpaired) electrons. The van der Waals surface area contributed by atoms with Crippen molar-refractivity contribution in [2.24, 2.45) is 0 Å². The third kappa shape index (κ3) is 3.21. The molecule has 1 atom stereocenters. The second-order valence-electron chi connectivity index (χ2n) is 5.57. The van der Waals surface area contributed by atoms with Gasteiger partial charge in [-0.25, -0.2) is 13.8 Å². The van der Waals surface area contributed by atoms with Crippen LogP contribution in [-0.4, -0.2) is 15.5 Å². The maximum Gasteiger partial charge on any atom is 0.329 e. The minimum Gasteiger partial charge on any atom is -0.324 e. The van der Waals surface area contributed by atoms with Crippen molar-refractivity contribution in [2.75, 3.05) is 5.32 Å². The normalized spacial score (nSPS) is 12.1. The van der Waals surface area contributed by atoms with E-state index in [0.29, 0.717) is 10.9 Å². The van der Waals surface area contributed by atoms with E-state index in [2.05, 4.69) is 10.3 Å². The molecule has 3 aromatic rings. The number of amides is 1. The Morgan fingerprint density at radius 1 is 1.20 bits per heavy atom. The highest BCUT2D eigenvalue weighted by molar-refractivity contribution is 5.93. The first kappa shape index (κ1) is 16.6. The molecule has 2 aromatic carbocycles. The van der Waals surface area contributed by atoms with Crippen LogP contribution in [0, 0.1) is 5.82 Å². The number of benzene rings is 2. The first-order valence-corrected chi connectivity index (χ1v) is 7.81. The van der Waals surface area contributed by atoms with E-state index in [1.807, 2.05) is 0 Å². The van der Waals surface area contributed by atoms with Crippen LogP contribution < -0.4 is 16.6 Å². The smallest absolute Gasteiger partial charge is 0.324 e. The van der Waals surface area contributed by atoms with Crippen LogP contribution in [0.3, 0.4) is 0 Å². The largest absolute Gasteiger partial charge is 0.329 e. The Morgan fingerprint density at radius 2 is 1.96 bits per heavy atom. The topological polar surface area (TPSA) is 84.0 Å². The van der Waals surface area contributed by atoms with Gasteiger partial charge >= 0.3 is 5.69 Å². The van der Waals surface area contributed by atoms with Gasteiger partial charge in [-0.3, -0.25) is 9.59 Å². The summed E-state index contributed by atoms with van der Waals surface area (Å²) < 4.78 is 14.2. The number of nitrogens with one attached hydrogen (secondary N) is 2. The number of anilines is 1. The number of para-hydroxylation sites is 1. The molecule has 0 aliphatic rings. The number of nitrogens with zero attached hydrogens (tertiary/aromatic N) is 1. The molecule has 1 amide bonds. The quantitative estimate of drug-likeness (QED) is 0.764. The van der Waals surface area contributed by atoms with Crippen molar-refractivity contribution >= 4 is 22.5 Å². The van der Waals surface area contributed by atoms with E-state index in [4.69, 9.17) is 0 Å². The molecule has 0 bridgehead atoms. The van der Waals surface area contributed by atoms with Gasteiger partial charge in [-0.1, -0.05) is 25.1 Å². The average Bonchev–Trinajstić information content (AvgIpc) is 2.58. The molecule has 0 fully saturated rings. The van der Waals surface area contributed by atoms with Gasteiger partial charge in [0.1, 0.15) is 11.9 Å². The maximum absolute atomic E-state index is 13.3. The van der Waals surface area contributed by atoms with Crippen molar-refractivity contribution in [1.29, 1.82) is 0 Å². The number of halogens is 1. The predicted octanol–water partition coefficient (Wildman–Crippen LogP) is 2.42. The molecule has 3 rings (SSSR count). The lowest BCUT2D eigenvalue weighted by atomic mass is 10.1. The van der Waals surface area contributed by atoms with Crippen LogP contribution in [0.5, 0.6) is 0 Å². The lowest BCUT2D eigenvalue weighted by molar-refractivity contribution is -0.119. The van der Waals surface area contributed by atoms with E-state index in [-0.39, 0.29) is 12.1 Å². The van der Waals surface area contributed by atoms with Crippen molar-refractivity contribution in [1.82, 2.24) is 9.55 Å². The molecule has 1 aromatic heterocycles. The molecule has 25 heavy (non-hydrogen) atoms. The number of aromatic amines is 1. The molecule has 0 spiro atoms. The average molecular weight is 341 g/mol. The number of rotatable bonds is 4. The Morgan fingerprint density at radius 3 is 2.68 bits per heavy atom. The van der Waals surface area contributed by atoms with Crippen LogP contribution in [0.1, 0.15) is 19.4 Å². The molecule has 0 saturated carbocycles. The van der Waals surface area contributed by atoms with Crippen molar-refractivity contribution in [3.8, 4) is 0 Å². The van der Waals surface area contributed by atoms with Crippen LogP contribution in [0.15, 0.2) is 58.1 Å². The summed E-state index contributed by atoms with van der Waals surface area (Å²) >= 11 is 0. The van der Waals surface area contributed by atoms with Gasteiger partial charge in [-0.15, -0.1) is 0 Å². The number of fused-ring (bicyclic) bond motifs is 1. The van der Waals surface area contributed by atoms with Gasteiger partial charge in [0.25, 0.3) is 5.56 Å². The van der Waals surface area contributed by atoms with Crippen LogP contribution in [-0.2, 0) is 4.79 Å². The number of carbonyl (C=O) groups excluding carboxylic acids is 1. The summed E-state index contributed by atoms with van der Waals surface area (Å²) in [6.07, 6.45) is 0.225. The number of H-pyrrole nitrogens is 1. The van der Waals surface area contributed by atoms with Gasteiger partial charge in [-0.2, -0.15) is 0 Å². The van der Waals surface area contributed by atoms with Gasteiger partial charge in [0.05, 0.1) is 10.9 Å². The van der Waals surface area contributed by atoms with E-state index in [0.717, 1.165) is 10.6 Å². The standard InChI is InChI=1S/C18H16FN3O3/c1-2-15(16(23)20-12-7-5-6-11(19)10-12)22-17(24)13-8-3-4-9-14(13)21-18(22)25/h3-10,15H,2H2,1H3,(H,20,23)(H,21,25)/t15-/m1/s1. The summed E-state index contributed by atoms with van der Waals surface area (Å²) in [4.78, 5) is 40.2. The van der Waals surface area contributed by atoms with E-state index in [9.17, 15) is 18.8 Å². The highest BCUT2D eigenvalue weighted by Gasteiger charge is 2.23. The zero-order valence-corrected chi connectivity index (χ0v) is 13.5. The van der Waals surface area contributed by atoms with Crippen molar-refractivity contribution in [2.45, 2.75) is 19.4 Å². The minimum absolute atomic E-state index is 0.225. The molecular formula is C18H16FN3O3. The van der Waals surface area contributed by atoms with Crippen LogP contribution in [0.2, 0.25) is 0 Å². The predicted molar refractivity (Wildman–Crippen MR) is 93.2 cm³/mol. The summed E-state index contributed by atoms with van der Waals surface area (Å²) in [6, 6.07) is 11.0. The lowest BCUT2D eigenvalue weighted by Gasteiger charge is -2.17. The second-order valence-corrected chi connectivity index (χ2v) is 5.57. The fourth-order valence-electron chi connectivity index (χ4n) is 2.74. The Bertz CT molecular complexity index is 1060. The Labute approximate surface area is 141 Å². The number of aromatic nitrogens is 2. The minimum atomic E-state index is -1.01. The third-order valence-electron chi connectivity index (χ3n) is 3.93. The molecule has 0 aliphatic heterocycles. The number of hydrogen-bond donors (Lipinski definition) is 2. The zero-order valence-electron chi connectivity index (χ0n) is 13.5. The summed E-state index contributed by atoms with van der Waals surface area (Å²) in [7, 11) is 0. The fourth-order valence-corrected chi connectivity index (χ4v) is 2.74. The summed E-state index contributed by atoms with van der Waals surface area (Å²) in [5.41, 5.74) is -0.534. The van der Waals surface area contributed by atoms with Gasteiger partial charge in [0.15, 0.2) is 0 Å². The molecule has 6 nitrogen and oxygen atoms in total. The second kappa shape index (κ2) is 6.72. The summed E-state index contributed by atoms with van der Waals surface area (Å²) in [5, 5.41) is 2.86. The zero-order chi connectivity index (χ0) is 18.0. The molecule has 0 aliphatic carbocycles. The fraction of sp³-hybridized carbons (Fsp3) is 0.167. The highest BCUT2D eigenvalue weighted by Crippen LogP contribution is 2.15. The molecule has 2 N–H and O–H groups in total. The molecular weight excluding hydrogens is 325 g/mol. The SMILES string of the molecule is CC[C@H](C(=O)Nc1cccc(F)c1)n1c(=O)[nH]c2ccccc2c1=O. The molecule has 0 saturated heterocycles. The first-order chi connectivity index (χ1) is 12.0. The molecule has 128 valence electrons. The van der Waals surface area contributed by atoms with E-state index in [1.165, 1.54) is 18.2 Å². The lowest BCUT2D eigenvalue weighted by Crippen LogP contribution is -2.42. The van der Waals surface area contributed by atoms with Gasteiger partial charge in [-0.05, 0) is 36.8 Å². The van der Waals surface area contributed by atoms with Crippen molar-refractivity contribution < 1.29 is 9.18 Å². The van der Waals surface area contributed by atoms with Crippen molar-refractivity contribution in [3.63, 3.8) is 0 Å². The van der Waals surface area contributed by atoms with Crippen LogP contribution in [0.25, 0.3) is 10.9 Å². The molecule has 7 heteroatoms. The van der Waals surface area contributed by atoms with Crippen LogP contribution >= 0.6 is 0 Å². The van der Waals surface area contributed by atoms with E-state index in [1.54, 1.807) is 31.2 Å². The Balaban J connectivity index is 2.03. The number of hydrogen-bond acceptors (Lipinski definition) is 3.